The fourth-order valence-electron chi connectivity index (χ4n) is 1.05. The van der Waals surface area contributed by atoms with E-state index >= 15 is 0 Å². The normalized spacial score (nSPS) is 9.64. The Kier molecular flexibility index (Phi) is 2.96. The van der Waals surface area contributed by atoms with Crippen molar-refractivity contribution in [2.45, 2.75) is 0 Å². The molecule has 0 N–H and O–H groups in total. The molecule has 2 nitrogen and oxygen atoms in total. The van der Waals surface area contributed by atoms with E-state index in [9.17, 15) is 13.6 Å². The SMILES string of the molecule is C=CC(=O)c1c(F)cc(F)cc1OC. The highest BCUT2D eigenvalue weighted by atomic mass is 19.1. The topological polar surface area (TPSA) is 26.3 Å². The molecule has 1 aromatic carbocycles. The monoisotopic (exact) mass is 198 g/mol. The summed E-state index contributed by atoms with van der Waals surface area (Å²) in [6, 6.07) is 1.57. The van der Waals surface area contributed by atoms with Crippen molar-refractivity contribution in [2.75, 3.05) is 7.11 Å². The summed E-state index contributed by atoms with van der Waals surface area (Å²) < 4.78 is 30.5. The van der Waals surface area contributed by atoms with Crippen LogP contribution >= 0.6 is 0 Å². The number of rotatable bonds is 3. The molecule has 0 aliphatic carbocycles. The predicted molar refractivity (Wildman–Crippen MR) is 47.4 cm³/mol. The molecule has 74 valence electrons. The van der Waals surface area contributed by atoms with Gasteiger partial charge in [-0.05, 0) is 6.08 Å². The third-order valence-electron chi connectivity index (χ3n) is 1.67. The van der Waals surface area contributed by atoms with Crippen LogP contribution in [0.4, 0.5) is 8.78 Å². The second-order valence-corrected chi connectivity index (χ2v) is 2.53. The molecule has 4 heteroatoms. The number of benzene rings is 1. The molecular formula is C10H8F2O2. The maximum Gasteiger partial charge on any atom is 0.191 e. The van der Waals surface area contributed by atoms with Gasteiger partial charge in [-0.2, -0.15) is 0 Å². The van der Waals surface area contributed by atoms with Gasteiger partial charge in [0.15, 0.2) is 5.78 Å². The van der Waals surface area contributed by atoms with Crippen LogP contribution in [0.2, 0.25) is 0 Å². The molecule has 0 aromatic heterocycles. The van der Waals surface area contributed by atoms with Crippen molar-refractivity contribution < 1.29 is 18.3 Å². The Morgan fingerprint density at radius 2 is 2.14 bits per heavy atom. The van der Waals surface area contributed by atoms with Gasteiger partial charge in [0.05, 0.1) is 12.7 Å². The number of allylic oxidation sites excluding steroid dienone is 1. The number of ether oxygens (including phenoxy) is 1. The average Bonchev–Trinajstić information content (AvgIpc) is 2.15. The van der Waals surface area contributed by atoms with E-state index in [4.69, 9.17) is 0 Å². The van der Waals surface area contributed by atoms with Crippen LogP contribution in [-0.2, 0) is 0 Å². The van der Waals surface area contributed by atoms with Crippen molar-refractivity contribution in [2.24, 2.45) is 0 Å². The van der Waals surface area contributed by atoms with Crippen LogP contribution in [0.1, 0.15) is 10.4 Å². The van der Waals surface area contributed by atoms with Gasteiger partial charge < -0.3 is 4.74 Å². The van der Waals surface area contributed by atoms with Gasteiger partial charge in [-0.3, -0.25) is 4.79 Å². The summed E-state index contributed by atoms with van der Waals surface area (Å²) in [6.45, 7) is 3.21. The van der Waals surface area contributed by atoms with E-state index in [-0.39, 0.29) is 11.3 Å². The van der Waals surface area contributed by atoms with Gasteiger partial charge in [-0.1, -0.05) is 6.58 Å². The molecule has 0 saturated heterocycles. The van der Waals surface area contributed by atoms with E-state index < -0.39 is 17.4 Å². The van der Waals surface area contributed by atoms with Crippen LogP contribution in [0.5, 0.6) is 5.75 Å². The molecule has 0 spiro atoms. The lowest BCUT2D eigenvalue weighted by Crippen LogP contribution is -2.03. The molecule has 0 heterocycles. The summed E-state index contributed by atoms with van der Waals surface area (Å²) in [7, 11) is 1.23. The van der Waals surface area contributed by atoms with Crippen molar-refractivity contribution in [1.29, 1.82) is 0 Å². The zero-order valence-corrected chi connectivity index (χ0v) is 7.51. The van der Waals surface area contributed by atoms with E-state index in [2.05, 4.69) is 11.3 Å². The first-order chi connectivity index (χ1) is 6.60. The lowest BCUT2D eigenvalue weighted by molar-refractivity contribution is 0.104. The lowest BCUT2D eigenvalue weighted by atomic mass is 10.1. The zero-order chi connectivity index (χ0) is 10.7. The highest BCUT2D eigenvalue weighted by Gasteiger charge is 2.16. The van der Waals surface area contributed by atoms with E-state index in [0.29, 0.717) is 6.07 Å². The minimum Gasteiger partial charge on any atom is -0.496 e. The zero-order valence-electron chi connectivity index (χ0n) is 7.51. The van der Waals surface area contributed by atoms with Crippen molar-refractivity contribution in [3.63, 3.8) is 0 Å². The Balaban J connectivity index is 3.39. The summed E-state index contributed by atoms with van der Waals surface area (Å²) in [5.74, 6) is -2.52. The number of methoxy groups -OCH3 is 1. The molecule has 0 saturated carbocycles. The Morgan fingerprint density at radius 3 is 2.64 bits per heavy atom. The number of carbonyl (C=O) groups excluding carboxylic acids is 1. The van der Waals surface area contributed by atoms with Crippen LogP contribution in [0, 0.1) is 11.6 Å². The van der Waals surface area contributed by atoms with E-state index in [1.807, 2.05) is 0 Å². The number of halogens is 2. The maximum atomic E-state index is 13.1. The fraction of sp³-hybridized carbons (Fsp3) is 0.100. The minimum atomic E-state index is -0.952. The second-order valence-electron chi connectivity index (χ2n) is 2.53. The molecule has 0 fully saturated rings. The third kappa shape index (κ3) is 1.79. The summed E-state index contributed by atoms with van der Waals surface area (Å²) in [5.41, 5.74) is -0.302. The molecule has 0 atom stereocenters. The Labute approximate surface area is 79.8 Å². The standard InChI is InChI=1S/C10H8F2O2/c1-3-8(13)10-7(12)4-6(11)5-9(10)14-2/h3-5H,1H2,2H3. The Morgan fingerprint density at radius 1 is 1.50 bits per heavy atom. The van der Waals surface area contributed by atoms with Gasteiger partial charge in [0.2, 0.25) is 0 Å². The molecule has 0 unspecified atom stereocenters. The summed E-state index contributed by atoms with van der Waals surface area (Å²) >= 11 is 0. The first-order valence-corrected chi connectivity index (χ1v) is 3.80. The number of hydrogen-bond donors (Lipinski definition) is 0. The van der Waals surface area contributed by atoms with Crippen LogP contribution in [0.3, 0.4) is 0 Å². The molecule has 0 aliphatic heterocycles. The van der Waals surface area contributed by atoms with E-state index in [1.54, 1.807) is 0 Å². The lowest BCUT2D eigenvalue weighted by Gasteiger charge is -2.06. The van der Waals surface area contributed by atoms with Gasteiger partial charge in [0.25, 0.3) is 0 Å². The number of ketones is 1. The smallest absolute Gasteiger partial charge is 0.191 e. The molecule has 0 amide bonds. The van der Waals surface area contributed by atoms with Crippen LogP contribution in [0.25, 0.3) is 0 Å². The Bertz CT molecular complexity index is 386. The highest BCUT2D eigenvalue weighted by molar-refractivity contribution is 6.06. The van der Waals surface area contributed by atoms with E-state index in [0.717, 1.165) is 12.1 Å². The largest absolute Gasteiger partial charge is 0.496 e. The van der Waals surface area contributed by atoms with E-state index in [1.165, 1.54) is 7.11 Å². The molecule has 1 aromatic rings. The second kappa shape index (κ2) is 4.00. The number of hydrogen-bond acceptors (Lipinski definition) is 2. The maximum absolute atomic E-state index is 13.1. The quantitative estimate of drug-likeness (QED) is 0.550. The summed E-state index contributed by atoms with van der Waals surface area (Å²) in [5, 5.41) is 0. The predicted octanol–water partition coefficient (Wildman–Crippen LogP) is 2.34. The van der Waals surface area contributed by atoms with Crippen molar-refractivity contribution in [1.82, 2.24) is 0 Å². The summed E-state index contributed by atoms with van der Waals surface area (Å²) in [6.07, 6.45) is 0.943. The van der Waals surface area contributed by atoms with Gasteiger partial charge in [-0.15, -0.1) is 0 Å². The molecule has 0 radical (unpaired) electrons. The van der Waals surface area contributed by atoms with Gasteiger partial charge in [-0.25, -0.2) is 8.78 Å². The average molecular weight is 198 g/mol. The summed E-state index contributed by atoms with van der Waals surface area (Å²) in [4.78, 5) is 11.2. The molecule has 1 rings (SSSR count). The molecule has 14 heavy (non-hydrogen) atoms. The first-order valence-electron chi connectivity index (χ1n) is 3.80. The fourth-order valence-corrected chi connectivity index (χ4v) is 1.05. The Hall–Kier alpha value is -1.71. The first kappa shape index (κ1) is 10.4. The molecule has 0 bridgehead atoms. The van der Waals surface area contributed by atoms with Crippen molar-refractivity contribution in [3.8, 4) is 5.75 Å². The van der Waals surface area contributed by atoms with Gasteiger partial charge in [0, 0.05) is 12.1 Å². The van der Waals surface area contributed by atoms with Crippen molar-refractivity contribution >= 4 is 5.78 Å². The van der Waals surface area contributed by atoms with Crippen LogP contribution in [-0.4, -0.2) is 12.9 Å². The van der Waals surface area contributed by atoms with Crippen molar-refractivity contribution in [3.05, 3.63) is 42.0 Å². The highest BCUT2D eigenvalue weighted by Crippen LogP contribution is 2.23. The molecule has 0 aliphatic rings. The molecular weight excluding hydrogens is 190 g/mol. The third-order valence-corrected chi connectivity index (χ3v) is 1.67. The number of carbonyl (C=O) groups is 1. The van der Waals surface area contributed by atoms with Crippen LogP contribution < -0.4 is 4.74 Å². The van der Waals surface area contributed by atoms with Gasteiger partial charge >= 0.3 is 0 Å². The van der Waals surface area contributed by atoms with Crippen LogP contribution in [0.15, 0.2) is 24.8 Å². The van der Waals surface area contributed by atoms with Gasteiger partial charge in [0.1, 0.15) is 17.4 Å². The minimum absolute atomic E-state index is 0.132.